The second kappa shape index (κ2) is 5.20. The van der Waals surface area contributed by atoms with Crippen molar-refractivity contribution in [2.45, 2.75) is 19.4 Å². The minimum absolute atomic E-state index is 0.200. The Morgan fingerprint density at radius 2 is 2.06 bits per heavy atom. The molecule has 1 atom stereocenters. The van der Waals surface area contributed by atoms with Crippen molar-refractivity contribution in [2.75, 3.05) is 0 Å². The third-order valence-corrected chi connectivity index (χ3v) is 3.31. The standard InChI is InChI=1S/C13H12BrF2NO/c1-2-10(17)11-3-4-12(18-11)13-8(14)5-7(15)6-9(13)16/h3-6,10H,2,17H2,1H3. The van der Waals surface area contributed by atoms with E-state index in [9.17, 15) is 8.78 Å². The van der Waals surface area contributed by atoms with Crippen molar-refractivity contribution in [3.05, 3.63) is 46.1 Å². The van der Waals surface area contributed by atoms with Crippen LogP contribution in [-0.2, 0) is 0 Å². The van der Waals surface area contributed by atoms with Gasteiger partial charge < -0.3 is 10.2 Å². The minimum Gasteiger partial charge on any atom is -0.459 e. The van der Waals surface area contributed by atoms with Gasteiger partial charge in [0.25, 0.3) is 0 Å². The van der Waals surface area contributed by atoms with Crippen molar-refractivity contribution in [1.82, 2.24) is 0 Å². The Labute approximate surface area is 112 Å². The number of halogens is 3. The molecule has 2 nitrogen and oxygen atoms in total. The predicted molar refractivity (Wildman–Crippen MR) is 69.0 cm³/mol. The van der Waals surface area contributed by atoms with Gasteiger partial charge >= 0.3 is 0 Å². The molecule has 1 unspecified atom stereocenters. The van der Waals surface area contributed by atoms with Gasteiger partial charge in [-0.1, -0.05) is 6.92 Å². The van der Waals surface area contributed by atoms with Crippen molar-refractivity contribution in [3.63, 3.8) is 0 Å². The summed E-state index contributed by atoms with van der Waals surface area (Å²) in [4.78, 5) is 0. The zero-order valence-electron chi connectivity index (χ0n) is 9.71. The number of hydrogen-bond donors (Lipinski definition) is 1. The average molecular weight is 316 g/mol. The molecule has 0 aliphatic heterocycles. The Hall–Kier alpha value is -1.20. The summed E-state index contributed by atoms with van der Waals surface area (Å²) >= 11 is 3.13. The fraction of sp³-hybridized carbons (Fsp3) is 0.231. The van der Waals surface area contributed by atoms with Crippen molar-refractivity contribution < 1.29 is 13.2 Å². The van der Waals surface area contributed by atoms with E-state index in [0.717, 1.165) is 12.5 Å². The number of nitrogens with two attached hydrogens (primary N) is 1. The van der Waals surface area contributed by atoms with Gasteiger partial charge in [-0.3, -0.25) is 0 Å². The summed E-state index contributed by atoms with van der Waals surface area (Å²) in [7, 11) is 0. The Kier molecular flexibility index (Phi) is 3.82. The van der Waals surface area contributed by atoms with Gasteiger partial charge in [-0.15, -0.1) is 0 Å². The summed E-state index contributed by atoms with van der Waals surface area (Å²) in [5.41, 5.74) is 6.03. The molecule has 0 aliphatic rings. The van der Waals surface area contributed by atoms with Crippen LogP contribution in [0, 0.1) is 11.6 Å². The van der Waals surface area contributed by atoms with Gasteiger partial charge in [-0.25, -0.2) is 8.78 Å². The second-order valence-corrected chi connectivity index (χ2v) is 4.82. The van der Waals surface area contributed by atoms with E-state index in [-0.39, 0.29) is 11.6 Å². The van der Waals surface area contributed by atoms with Crippen LogP contribution in [0.15, 0.2) is 33.2 Å². The molecule has 0 aliphatic carbocycles. The number of hydrogen-bond acceptors (Lipinski definition) is 2. The van der Waals surface area contributed by atoms with Crippen molar-refractivity contribution in [3.8, 4) is 11.3 Å². The van der Waals surface area contributed by atoms with Gasteiger partial charge in [0.1, 0.15) is 23.2 Å². The summed E-state index contributed by atoms with van der Waals surface area (Å²) in [6.07, 6.45) is 0.722. The monoisotopic (exact) mass is 315 g/mol. The highest BCUT2D eigenvalue weighted by atomic mass is 79.9. The van der Waals surface area contributed by atoms with E-state index in [0.29, 0.717) is 16.0 Å². The van der Waals surface area contributed by atoms with Gasteiger partial charge in [-0.05, 0) is 40.5 Å². The second-order valence-electron chi connectivity index (χ2n) is 3.96. The van der Waals surface area contributed by atoms with Gasteiger partial charge in [0.15, 0.2) is 0 Å². The first-order chi connectivity index (χ1) is 8.52. The fourth-order valence-corrected chi connectivity index (χ4v) is 2.27. The molecule has 1 aromatic heterocycles. The lowest BCUT2D eigenvalue weighted by Crippen LogP contribution is -2.06. The van der Waals surface area contributed by atoms with Crippen molar-refractivity contribution >= 4 is 15.9 Å². The normalized spacial score (nSPS) is 12.7. The Bertz CT molecular complexity index is 545. The quantitative estimate of drug-likeness (QED) is 0.912. The van der Waals surface area contributed by atoms with Crippen LogP contribution >= 0.6 is 15.9 Å². The molecule has 0 fully saturated rings. The van der Waals surface area contributed by atoms with Gasteiger partial charge in [0.2, 0.25) is 0 Å². The highest BCUT2D eigenvalue weighted by molar-refractivity contribution is 9.10. The molecule has 5 heteroatoms. The van der Waals surface area contributed by atoms with E-state index < -0.39 is 11.6 Å². The maximum absolute atomic E-state index is 13.7. The highest BCUT2D eigenvalue weighted by Gasteiger charge is 2.17. The average Bonchev–Trinajstić information content (AvgIpc) is 2.76. The van der Waals surface area contributed by atoms with E-state index >= 15 is 0 Å². The van der Waals surface area contributed by atoms with Gasteiger partial charge in [0, 0.05) is 10.5 Å². The SMILES string of the molecule is CCC(N)c1ccc(-c2c(F)cc(F)cc2Br)o1. The van der Waals surface area contributed by atoms with Crippen LogP contribution < -0.4 is 5.73 Å². The predicted octanol–water partition coefficient (Wildman–Crippen LogP) is 4.40. The number of furan rings is 1. The summed E-state index contributed by atoms with van der Waals surface area (Å²) in [5.74, 6) is -0.394. The fourth-order valence-electron chi connectivity index (χ4n) is 1.67. The molecule has 1 aromatic carbocycles. The molecule has 0 radical (unpaired) electrons. The highest BCUT2D eigenvalue weighted by Crippen LogP contribution is 2.34. The molecular weight excluding hydrogens is 304 g/mol. The first-order valence-corrected chi connectivity index (χ1v) is 6.32. The molecule has 2 rings (SSSR count). The Morgan fingerprint density at radius 1 is 1.33 bits per heavy atom. The molecule has 0 spiro atoms. The maximum Gasteiger partial charge on any atom is 0.138 e. The summed E-state index contributed by atoms with van der Waals surface area (Å²) in [6.45, 7) is 1.93. The Morgan fingerprint density at radius 3 is 2.67 bits per heavy atom. The third-order valence-electron chi connectivity index (χ3n) is 2.69. The molecule has 2 N–H and O–H groups in total. The molecule has 0 saturated carbocycles. The zero-order valence-corrected chi connectivity index (χ0v) is 11.3. The summed E-state index contributed by atoms with van der Waals surface area (Å²) < 4.78 is 32.5. The van der Waals surface area contributed by atoms with Crippen LogP contribution in [-0.4, -0.2) is 0 Å². The van der Waals surface area contributed by atoms with E-state index in [1.165, 1.54) is 6.07 Å². The summed E-state index contributed by atoms with van der Waals surface area (Å²) in [5, 5.41) is 0. The van der Waals surface area contributed by atoms with Crippen LogP contribution in [0.25, 0.3) is 11.3 Å². The lowest BCUT2D eigenvalue weighted by molar-refractivity contribution is 0.467. The first-order valence-electron chi connectivity index (χ1n) is 5.53. The molecule has 0 bridgehead atoms. The van der Waals surface area contributed by atoms with Crippen LogP contribution in [0.3, 0.4) is 0 Å². The Balaban J connectivity index is 2.46. The van der Waals surface area contributed by atoms with E-state index in [1.54, 1.807) is 12.1 Å². The lowest BCUT2D eigenvalue weighted by Gasteiger charge is -2.06. The summed E-state index contributed by atoms with van der Waals surface area (Å²) in [6, 6.07) is 5.13. The van der Waals surface area contributed by atoms with E-state index in [4.69, 9.17) is 10.2 Å². The molecule has 18 heavy (non-hydrogen) atoms. The molecule has 1 heterocycles. The first kappa shape index (κ1) is 13.2. The lowest BCUT2D eigenvalue weighted by atomic mass is 10.1. The van der Waals surface area contributed by atoms with Gasteiger partial charge in [0.05, 0.1) is 11.6 Å². The van der Waals surface area contributed by atoms with E-state index in [2.05, 4.69) is 15.9 Å². The molecule has 96 valence electrons. The maximum atomic E-state index is 13.7. The topological polar surface area (TPSA) is 39.2 Å². The third kappa shape index (κ3) is 2.47. The van der Waals surface area contributed by atoms with Crippen LogP contribution in [0.4, 0.5) is 8.78 Å². The van der Waals surface area contributed by atoms with Crippen LogP contribution in [0.2, 0.25) is 0 Å². The molecule has 0 saturated heterocycles. The minimum atomic E-state index is -0.673. The molecule has 0 amide bonds. The van der Waals surface area contributed by atoms with E-state index in [1.807, 2.05) is 6.92 Å². The van der Waals surface area contributed by atoms with Crippen molar-refractivity contribution in [1.29, 1.82) is 0 Å². The smallest absolute Gasteiger partial charge is 0.138 e. The van der Waals surface area contributed by atoms with Crippen LogP contribution in [0.1, 0.15) is 25.1 Å². The molecular formula is C13H12BrF2NO. The number of rotatable bonds is 3. The largest absolute Gasteiger partial charge is 0.459 e. The molecule has 2 aromatic rings. The zero-order chi connectivity index (χ0) is 13.3. The van der Waals surface area contributed by atoms with Gasteiger partial charge in [-0.2, -0.15) is 0 Å². The van der Waals surface area contributed by atoms with Crippen LogP contribution in [0.5, 0.6) is 0 Å². The number of benzene rings is 1. The van der Waals surface area contributed by atoms with Crippen molar-refractivity contribution in [2.24, 2.45) is 5.73 Å².